The molecule has 0 radical (unpaired) electrons. The van der Waals surface area contributed by atoms with Crippen LogP contribution in [-0.4, -0.2) is 16.7 Å². The Morgan fingerprint density at radius 3 is 2.78 bits per heavy atom. The summed E-state index contributed by atoms with van der Waals surface area (Å²) in [6, 6.07) is 10.7. The van der Waals surface area contributed by atoms with E-state index in [1.54, 1.807) is 0 Å². The molecule has 2 aliphatic rings. The third-order valence-electron chi connectivity index (χ3n) is 4.25. The molecule has 2 nitrogen and oxygen atoms in total. The normalized spacial score (nSPS) is 34.8. The molecule has 0 aromatic heterocycles. The average molecular weight is 331 g/mol. The minimum atomic E-state index is -0.427. The van der Waals surface area contributed by atoms with Crippen molar-refractivity contribution in [2.45, 2.75) is 43.8 Å². The summed E-state index contributed by atoms with van der Waals surface area (Å²) < 4.78 is 13.3. The van der Waals surface area contributed by atoms with Gasteiger partial charge < -0.3 is 0 Å². The Hall–Kier alpha value is -0.367. The van der Waals surface area contributed by atoms with E-state index in [4.69, 9.17) is 9.47 Å². The first-order chi connectivity index (χ1) is 8.72. The molecule has 0 N–H and O–H groups in total. The van der Waals surface area contributed by atoms with Crippen molar-refractivity contribution in [2.75, 3.05) is 6.61 Å². The molecule has 1 aliphatic heterocycles. The summed E-state index contributed by atoms with van der Waals surface area (Å²) >= 11 is 2.63. The van der Waals surface area contributed by atoms with Gasteiger partial charge in [-0.2, -0.15) is 0 Å². The van der Waals surface area contributed by atoms with E-state index in [9.17, 15) is 0 Å². The number of hydrogen-bond donors (Lipinski definition) is 0. The predicted molar refractivity (Wildman–Crippen MR) is 67.0 cm³/mol. The van der Waals surface area contributed by atoms with Crippen molar-refractivity contribution < 1.29 is 27.3 Å². The Bertz CT molecular complexity index is 459. The summed E-state index contributed by atoms with van der Waals surface area (Å²) in [6.07, 6.45) is 4.29. The second kappa shape index (κ2) is 4.63. The molecule has 1 aromatic rings. The molecule has 1 aliphatic carbocycles. The quantitative estimate of drug-likeness (QED) is 0.793. The van der Waals surface area contributed by atoms with Crippen molar-refractivity contribution >= 4 is 4.29 Å². The van der Waals surface area contributed by atoms with Crippen molar-refractivity contribution in [3.63, 3.8) is 0 Å². The first-order valence-corrected chi connectivity index (χ1v) is 7.48. The van der Waals surface area contributed by atoms with Crippen LogP contribution in [-0.2, 0) is 32.7 Å². The van der Waals surface area contributed by atoms with Gasteiger partial charge in [-0.05, 0) is 0 Å². The zero-order valence-corrected chi connectivity index (χ0v) is 12.3. The predicted octanol–water partition coefficient (Wildman–Crippen LogP) is 2.94. The van der Waals surface area contributed by atoms with Crippen LogP contribution in [0.25, 0.3) is 0 Å². The average Bonchev–Trinajstić information content (AvgIpc) is 2.82. The molecule has 1 heterocycles. The molecule has 2 fully saturated rings. The Labute approximate surface area is 118 Å². The van der Waals surface area contributed by atoms with E-state index in [2.05, 4.69) is 48.2 Å². The minimum absolute atomic E-state index is 0.0186. The van der Waals surface area contributed by atoms with Gasteiger partial charge in [-0.25, -0.2) is 0 Å². The summed E-state index contributed by atoms with van der Waals surface area (Å²) in [5.74, 6) is -0.427. The van der Waals surface area contributed by atoms with Crippen LogP contribution in [0.4, 0.5) is 0 Å². The van der Waals surface area contributed by atoms with Gasteiger partial charge in [-0.3, -0.25) is 0 Å². The molecule has 2 atom stereocenters. The molecule has 3 rings (SSSR count). The van der Waals surface area contributed by atoms with Gasteiger partial charge >= 0.3 is 118 Å². The topological polar surface area (TPSA) is 18.5 Å². The fourth-order valence-corrected chi connectivity index (χ4v) is 4.37. The zero-order chi connectivity index (χ0) is 12.6. The molecule has 0 unspecified atom stereocenters. The fraction of sp³-hybridized carbons (Fsp3) is 0.533. The molecule has 3 heteroatoms. The molecule has 1 saturated carbocycles. The van der Waals surface area contributed by atoms with Crippen molar-refractivity contribution in [3.05, 3.63) is 35.9 Å². The number of benzene rings is 1. The maximum atomic E-state index is 6.13. The Balaban J connectivity index is 2.09. The van der Waals surface area contributed by atoms with Gasteiger partial charge in [-0.15, -0.1) is 0 Å². The van der Waals surface area contributed by atoms with E-state index in [0.717, 1.165) is 23.6 Å². The number of fused-ring (bicyclic) bond motifs is 1. The van der Waals surface area contributed by atoms with Crippen molar-refractivity contribution in [2.24, 2.45) is 0 Å². The van der Waals surface area contributed by atoms with Gasteiger partial charge in [0.15, 0.2) is 0 Å². The van der Waals surface area contributed by atoms with Crippen LogP contribution in [0.2, 0.25) is 0 Å². The van der Waals surface area contributed by atoms with Crippen LogP contribution in [0.15, 0.2) is 30.3 Å². The van der Waals surface area contributed by atoms with Gasteiger partial charge in [0.05, 0.1) is 0 Å². The van der Waals surface area contributed by atoms with Gasteiger partial charge in [0, 0.05) is 0 Å². The van der Waals surface area contributed by atoms with Crippen molar-refractivity contribution in [1.29, 1.82) is 0 Å². The Morgan fingerprint density at radius 1 is 1.28 bits per heavy atom. The Kier molecular flexibility index (Phi) is 3.26. The molecule has 18 heavy (non-hydrogen) atoms. The van der Waals surface area contributed by atoms with Crippen molar-refractivity contribution in [1.82, 2.24) is 0 Å². The number of ether oxygens (including phenoxy) is 2. The summed E-state index contributed by atoms with van der Waals surface area (Å²) in [5, 5.41) is 0. The van der Waals surface area contributed by atoms with Gasteiger partial charge in [0.25, 0.3) is 0 Å². The molecule has 1 aromatic carbocycles. The first kappa shape index (κ1) is 12.7. The zero-order valence-electron chi connectivity index (χ0n) is 10.6. The molecular weight excluding hydrogens is 313 g/mol. The van der Waals surface area contributed by atoms with E-state index < -0.39 is 5.79 Å². The fourth-order valence-electron chi connectivity index (χ4n) is 3.56. The summed E-state index contributed by atoms with van der Waals surface area (Å²) in [4.78, 5) is 0. The molecule has 0 bridgehead atoms. The van der Waals surface area contributed by atoms with Gasteiger partial charge in [0.2, 0.25) is 0 Å². The van der Waals surface area contributed by atoms with E-state index in [0.29, 0.717) is 6.61 Å². The van der Waals surface area contributed by atoms with E-state index in [1.165, 1.54) is 12.0 Å². The van der Waals surface area contributed by atoms with E-state index in [1.807, 2.05) is 6.92 Å². The van der Waals surface area contributed by atoms with Crippen LogP contribution in [0, 0.1) is 0 Å². The molecule has 0 spiro atoms. The van der Waals surface area contributed by atoms with Crippen LogP contribution in [0.1, 0.15) is 38.2 Å². The molecular formula is C15H18O2Ru+. The summed E-state index contributed by atoms with van der Waals surface area (Å²) in [6.45, 7) is 2.75. The van der Waals surface area contributed by atoms with Crippen LogP contribution >= 0.6 is 0 Å². The van der Waals surface area contributed by atoms with Crippen LogP contribution in [0.5, 0.6) is 0 Å². The third-order valence-corrected chi connectivity index (χ3v) is 4.74. The van der Waals surface area contributed by atoms with Crippen LogP contribution in [0.3, 0.4) is 0 Å². The van der Waals surface area contributed by atoms with Crippen LogP contribution < -0.4 is 0 Å². The maximum absolute atomic E-state index is 6.13. The summed E-state index contributed by atoms with van der Waals surface area (Å²) in [5.41, 5.74) is 1.38. The SMILES string of the molecule is CCO[C@]12CCC[C@@]1(c1ccccc1)C[C](=[Ru+])O2. The second-order valence-electron chi connectivity index (χ2n) is 5.11. The van der Waals surface area contributed by atoms with Gasteiger partial charge in [-0.1, -0.05) is 0 Å². The summed E-state index contributed by atoms with van der Waals surface area (Å²) in [7, 11) is 0. The van der Waals surface area contributed by atoms with Crippen molar-refractivity contribution in [3.8, 4) is 0 Å². The van der Waals surface area contributed by atoms with E-state index in [-0.39, 0.29) is 5.41 Å². The third kappa shape index (κ3) is 1.68. The molecule has 97 valence electrons. The Morgan fingerprint density at radius 2 is 2.06 bits per heavy atom. The molecule has 1 saturated heterocycles. The first-order valence-electron chi connectivity index (χ1n) is 6.61. The number of rotatable bonds is 3. The standard InChI is InChI=1S/C15H18O2.Ru/c1-2-16-15-10-6-9-14(15,11-12-17-15)13-7-4-3-5-8-13;/h3-5,7-8H,2,6,9-11H2,1H3;/q;+1/t14-,15-;/m0./s1. The monoisotopic (exact) mass is 332 g/mol. The second-order valence-corrected chi connectivity index (χ2v) is 6.08. The molecule has 0 amide bonds. The van der Waals surface area contributed by atoms with Gasteiger partial charge in [0.1, 0.15) is 0 Å². The van der Waals surface area contributed by atoms with E-state index >= 15 is 0 Å². The number of hydrogen-bond acceptors (Lipinski definition) is 2.